The first-order valence-corrected chi connectivity index (χ1v) is 2.25. The highest BCUT2D eigenvalue weighted by atomic mass is 16.4. The molecular formula is C4H8NO3-. The maximum Gasteiger partial charge on any atom is 0.134 e. The van der Waals surface area contributed by atoms with Crippen LogP contribution in [0.3, 0.4) is 0 Å². The third kappa shape index (κ3) is 3.42. The number of carboxylic acid groups (broad SMARTS) is 1. The zero-order chi connectivity index (χ0) is 6.57. The van der Waals surface area contributed by atoms with Gasteiger partial charge in [-0.15, -0.1) is 0 Å². The van der Waals surface area contributed by atoms with Crippen molar-refractivity contribution in [3.05, 3.63) is 0 Å². The topological polar surface area (TPSA) is 72.4 Å². The smallest absolute Gasteiger partial charge is 0.134 e. The summed E-state index contributed by atoms with van der Waals surface area (Å²) in [5, 5.41) is 19.8. The first-order chi connectivity index (χ1) is 3.66. The highest BCUT2D eigenvalue weighted by molar-refractivity contribution is 5.62. The number of carbonyl (C=O) groups is 1. The summed E-state index contributed by atoms with van der Waals surface area (Å²) in [5.41, 5.74) is 0. The Morgan fingerprint density at radius 2 is 2.50 bits per heavy atom. The van der Waals surface area contributed by atoms with E-state index in [1.807, 2.05) is 5.32 Å². The molecule has 0 aliphatic rings. The lowest BCUT2D eigenvalue weighted by Gasteiger charge is -2.11. The fourth-order valence-corrected chi connectivity index (χ4v) is 0.247. The Labute approximate surface area is 47.1 Å². The number of aliphatic hydroxyl groups excluding tert-OH is 1. The summed E-state index contributed by atoms with van der Waals surface area (Å²) in [6.45, 7) is 1.34. The van der Waals surface area contributed by atoms with Crippen LogP contribution in [0.25, 0.3) is 0 Å². The van der Waals surface area contributed by atoms with Crippen LogP contribution in [0.4, 0.5) is 4.79 Å². The molecule has 4 heteroatoms. The molecule has 0 aromatic rings. The zero-order valence-corrected chi connectivity index (χ0v) is 4.55. The molecule has 0 aliphatic heterocycles. The summed E-state index contributed by atoms with van der Waals surface area (Å²) in [7, 11) is 0. The van der Waals surface area contributed by atoms with Crippen LogP contribution in [0, 0.1) is 0 Å². The average molecular weight is 118 g/mol. The van der Waals surface area contributed by atoms with Crippen molar-refractivity contribution in [2.24, 2.45) is 0 Å². The standard InChI is InChI=1S/C4H9NO3/c1-3(2-6)5-4(7)8/h3,5-6H,2H2,1H3,(H,7,8)/p-1. The van der Waals surface area contributed by atoms with Crippen molar-refractivity contribution >= 4 is 6.09 Å². The molecule has 0 saturated carbocycles. The first-order valence-electron chi connectivity index (χ1n) is 2.25. The van der Waals surface area contributed by atoms with E-state index in [0.717, 1.165) is 0 Å². The van der Waals surface area contributed by atoms with Crippen LogP contribution in [-0.2, 0) is 0 Å². The molecule has 0 aromatic heterocycles. The van der Waals surface area contributed by atoms with Crippen LogP contribution in [0.5, 0.6) is 0 Å². The predicted molar refractivity (Wildman–Crippen MR) is 25.1 cm³/mol. The fraction of sp³-hybridized carbons (Fsp3) is 0.750. The van der Waals surface area contributed by atoms with Gasteiger partial charge in [-0.1, -0.05) is 0 Å². The number of hydrogen-bond donors (Lipinski definition) is 2. The summed E-state index contributed by atoms with van der Waals surface area (Å²) < 4.78 is 0. The van der Waals surface area contributed by atoms with Crippen molar-refractivity contribution < 1.29 is 15.0 Å². The van der Waals surface area contributed by atoms with Gasteiger partial charge in [-0.3, -0.25) is 0 Å². The number of nitrogens with one attached hydrogen (secondary N) is 1. The normalized spacial score (nSPS) is 12.8. The second-order valence-corrected chi connectivity index (χ2v) is 1.52. The molecule has 0 spiro atoms. The molecule has 1 unspecified atom stereocenters. The molecular weight excluding hydrogens is 110 g/mol. The Bertz CT molecular complexity index is 83.4. The monoisotopic (exact) mass is 118 g/mol. The van der Waals surface area contributed by atoms with E-state index in [1.165, 1.54) is 6.92 Å². The van der Waals surface area contributed by atoms with Crippen molar-refractivity contribution in [1.29, 1.82) is 0 Å². The van der Waals surface area contributed by atoms with Crippen LogP contribution in [0.15, 0.2) is 0 Å². The fourth-order valence-electron chi connectivity index (χ4n) is 0.247. The van der Waals surface area contributed by atoms with E-state index in [0.29, 0.717) is 0 Å². The van der Waals surface area contributed by atoms with Gasteiger partial charge in [-0.25, -0.2) is 0 Å². The van der Waals surface area contributed by atoms with Gasteiger partial charge in [0.25, 0.3) is 0 Å². The van der Waals surface area contributed by atoms with E-state index < -0.39 is 12.1 Å². The van der Waals surface area contributed by atoms with Gasteiger partial charge in [0.1, 0.15) is 6.09 Å². The zero-order valence-electron chi connectivity index (χ0n) is 4.55. The molecule has 4 nitrogen and oxygen atoms in total. The molecule has 2 N–H and O–H groups in total. The van der Waals surface area contributed by atoms with Gasteiger partial charge in [-0.2, -0.15) is 0 Å². The average Bonchev–Trinajstić information content (AvgIpc) is 1.65. The van der Waals surface area contributed by atoms with Crippen molar-refractivity contribution in [3.8, 4) is 0 Å². The largest absolute Gasteiger partial charge is 0.530 e. The van der Waals surface area contributed by atoms with Crippen LogP contribution < -0.4 is 10.4 Å². The molecule has 1 amide bonds. The minimum Gasteiger partial charge on any atom is -0.530 e. The Morgan fingerprint density at radius 3 is 2.62 bits per heavy atom. The molecule has 0 rings (SSSR count). The minimum atomic E-state index is -1.36. The van der Waals surface area contributed by atoms with E-state index in [9.17, 15) is 9.90 Å². The number of carbonyl (C=O) groups excluding carboxylic acids is 1. The van der Waals surface area contributed by atoms with Gasteiger partial charge in [0.15, 0.2) is 0 Å². The van der Waals surface area contributed by atoms with E-state index in [1.54, 1.807) is 0 Å². The van der Waals surface area contributed by atoms with Crippen LogP contribution in [-0.4, -0.2) is 23.8 Å². The first kappa shape index (κ1) is 7.23. The second-order valence-electron chi connectivity index (χ2n) is 1.52. The third-order valence-electron chi connectivity index (χ3n) is 0.638. The maximum absolute atomic E-state index is 9.64. The minimum absolute atomic E-state index is 0.200. The molecule has 0 saturated heterocycles. The molecule has 0 bridgehead atoms. The summed E-state index contributed by atoms with van der Waals surface area (Å²) in [4.78, 5) is 9.64. The molecule has 1 atom stereocenters. The highest BCUT2D eigenvalue weighted by Gasteiger charge is 1.94. The van der Waals surface area contributed by atoms with Gasteiger partial charge in [0, 0.05) is 6.04 Å². The lowest BCUT2D eigenvalue weighted by molar-refractivity contribution is -0.251. The molecule has 0 fully saturated rings. The van der Waals surface area contributed by atoms with Crippen molar-refractivity contribution in [2.45, 2.75) is 13.0 Å². The number of rotatable bonds is 2. The van der Waals surface area contributed by atoms with E-state index >= 15 is 0 Å². The maximum atomic E-state index is 9.64. The summed E-state index contributed by atoms with van der Waals surface area (Å²) in [5.74, 6) is 0. The van der Waals surface area contributed by atoms with Gasteiger partial charge >= 0.3 is 0 Å². The Hall–Kier alpha value is -0.770. The lowest BCUT2D eigenvalue weighted by Crippen LogP contribution is -2.43. The van der Waals surface area contributed by atoms with E-state index in [2.05, 4.69) is 0 Å². The van der Waals surface area contributed by atoms with Crippen LogP contribution in [0.1, 0.15) is 6.92 Å². The van der Waals surface area contributed by atoms with Crippen molar-refractivity contribution in [1.82, 2.24) is 5.32 Å². The predicted octanol–water partition coefficient (Wildman–Crippen LogP) is -1.70. The van der Waals surface area contributed by atoms with Crippen molar-refractivity contribution in [3.63, 3.8) is 0 Å². The van der Waals surface area contributed by atoms with E-state index in [-0.39, 0.29) is 6.61 Å². The van der Waals surface area contributed by atoms with Gasteiger partial charge < -0.3 is 20.3 Å². The molecule has 0 heterocycles. The third-order valence-corrected chi connectivity index (χ3v) is 0.638. The van der Waals surface area contributed by atoms with Crippen molar-refractivity contribution in [2.75, 3.05) is 6.61 Å². The Kier molecular flexibility index (Phi) is 2.95. The van der Waals surface area contributed by atoms with Gasteiger partial charge in [0.2, 0.25) is 0 Å². The Morgan fingerprint density at radius 1 is 2.00 bits per heavy atom. The lowest BCUT2D eigenvalue weighted by atomic mass is 10.4. The molecule has 48 valence electrons. The molecule has 0 aromatic carbocycles. The quantitative estimate of drug-likeness (QED) is 0.454. The van der Waals surface area contributed by atoms with Crippen LogP contribution in [0.2, 0.25) is 0 Å². The van der Waals surface area contributed by atoms with Gasteiger partial charge in [0.05, 0.1) is 6.61 Å². The Balaban J connectivity index is 3.24. The SMILES string of the molecule is CC(CO)NC(=O)[O-]. The molecule has 8 heavy (non-hydrogen) atoms. The number of amides is 1. The summed E-state index contributed by atoms with van der Waals surface area (Å²) in [6.07, 6.45) is -1.36. The van der Waals surface area contributed by atoms with E-state index in [4.69, 9.17) is 5.11 Å². The molecule has 0 radical (unpaired) electrons. The molecule has 0 aliphatic carbocycles. The number of hydrogen-bond acceptors (Lipinski definition) is 3. The summed E-state index contributed by atoms with van der Waals surface area (Å²) >= 11 is 0. The second kappa shape index (κ2) is 3.26. The van der Waals surface area contributed by atoms with Gasteiger partial charge in [-0.05, 0) is 6.92 Å². The number of aliphatic hydroxyl groups is 1. The summed E-state index contributed by atoms with van der Waals surface area (Å²) in [6, 6.07) is -0.431. The van der Waals surface area contributed by atoms with Crippen LogP contribution >= 0.6 is 0 Å². The highest BCUT2D eigenvalue weighted by Crippen LogP contribution is 1.73.